The second-order valence-electron chi connectivity index (χ2n) is 2.88. The Morgan fingerprint density at radius 1 is 1.64 bits per heavy atom. The molecule has 0 spiro atoms. The molecule has 0 aliphatic carbocycles. The summed E-state index contributed by atoms with van der Waals surface area (Å²) in [5.41, 5.74) is 0. The summed E-state index contributed by atoms with van der Waals surface area (Å²) in [7, 11) is 0. The van der Waals surface area contributed by atoms with Crippen LogP contribution in [0.15, 0.2) is 0 Å². The zero-order chi connectivity index (χ0) is 8.10. The SMILES string of the molecule is CCOCCN1CCC(Br)C1. The van der Waals surface area contributed by atoms with Crippen LogP contribution in [-0.2, 0) is 4.74 Å². The Morgan fingerprint density at radius 2 is 2.45 bits per heavy atom. The molecule has 2 nitrogen and oxygen atoms in total. The molecule has 0 aromatic carbocycles. The quantitative estimate of drug-likeness (QED) is 0.527. The highest BCUT2D eigenvalue weighted by Crippen LogP contribution is 2.15. The number of hydrogen-bond acceptors (Lipinski definition) is 2. The molecule has 11 heavy (non-hydrogen) atoms. The van der Waals surface area contributed by atoms with Gasteiger partial charge >= 0.3 is 0 Å². The Kier molecular flexibility index (Phi) is 4.41. The molecule has 1 saturated heterocycles. The highest BCUT2D eigenvalue weighted by atomic mass is 79.9. The van der Waals surface area contributed by atoms with E-state index in [1.54, 1.807) is 0 Å². The van der Waals surface area contributed by atoms with Crippen molar-refractivity contribution in [2.45, 2.75) is 18.2 Å². The molecule has 1 rings (SSSR count). The maximum Gasteiger partial charge on any atom is 0.0593 e. The van der Waals surface area contributed by atoms with Gasteiger partial charge in [0.15, 0.2) is 0 Å². The van der Waals surface area contributed by atoms with Crippen molar-refractivity contribution in [2.75, 3.05) is 32.8 Å². The van der Waals surface area contributed by atoms with Gasteiger partial charge in [-0.05, 0) is 19.9 Å². The minimum absolute atomic E-state index is 0.712. The van der Waals surface area contributed by atoms with E-state index in [0.29, 0.717) is 4.83 Å². The van der Waals surface area contributed by atoms with Gasteiger partial charge in [-0.15, -0.1) is 0 Å². The molecule has 1 aliphatic heterocycles. The molecule has 1 atom stereocenters. The van der Waals surface area contributed by atoms with Crippen LogP contribution >= 0.6 is 15.9 Å². The lowest BCUT2D eigenvalue weighted by Gasteiger charge is -2.13. The standard InChI is InChI=1S/C8H16BrNO/c1-2-11-6-5-10-4-3-8(9)7-10/h8H,2-7H2,1H3. The van der Waals surface area contributed by atoms with Crippen LogP contribution in [-0.4, -0.2) is 42.6 Å². The van der Waals surface area contributed by atoms with Gasteiger partial charge in [-0.25, -0.2) is 0 Å². The maximum atomic E-state index is 5.27. The Morgan fingerprint density at radius 3 is 3.00 bits per heavy atom. The smallest absolute Gasteiger partial charge is 0.0593 e. The fourth-order valence-electron chi connectivity index (χ4n) is 1.33. The van der Waals surface area contributed by atoms with Gasteiger partial charge in [0.05, 0.1) is 6.61 Å². The minimum atomic E-state index is 0.712. The summed E-state index contributed by atoms with van der Waals surface area (Å²) in [5, 5.41) is 0. The zero-order valence-corrected chi connectivity index (χ0v) is 8.64. The highest BCUT2D eigenvalue weighted by Gasteiger charge is 2.18. The minimum Gasteiger partial charge on any atom is -0.380 e. The van der Waals surface area contributed by atoms with E-state index in [1.807, 2.05) is 6.92 Å². The topological polar surface area (TPSA) is 12.5 Å². The van der Waals surface area contributed by atoms with Crippen LogP contribution < -0.4 is 0 Å². The summed E-state index contributed by atoms with van der Waals surface area (Å²) in [4.78, 5) is 3.15. The zero-order valence-electron chi connectivity index (χ0n) is 7.05. The first kappa shape index (κ1) is 9.49. The molecule has 1 aliphatic rings. The van der Waals surface area contributed by atoms with Gasteiger partial charge in [0.25, 0.3) is 0 Å². The Hall–Kier alpha value is 0.400. The van der Waals surface area contributed by atoms with E-state index in [2.05, 4.69) is 20.8 Å². The van der Waals surface area contributed by atoms with Gasteiger partial charge in [-0.2, -0.15) is 0 Å². The van der Waals surface area contributed by atoms with Crippen LogP contribution in [0.3, 0.4) is 0 Å². The van der Waals surface area contributed by atoms with Crippen molar-refractivity contribution >= 4 is 15.9 Å². The highest BCUT2D eigenvalue weighted by molar-refractivity contribution is 9.09. The van der Waals surface area contributed by atoms with Gasteiger partial charge in [0, 0.05) is 24.5 Å². The van der Waals surface area contributed by atoms with Crippen LogP contribution in [0.2, 0.25) is 0 Å². The van der Waals surface area contributed by atoms with Crippen LogP contribution in [0, 0.1) is 0 Å². The fraction of sp³-hybridized carbons (Fsp3) is 1.00. The summed E-state index contributed by atoms with van der Waals surface area (Å²) < 4.78 is 5.27. The van der Waals surface area contributed by atoms with Gasteiger partial charge < -0.3 is 4.74 Å². The summed E-state index contributed by atoms with van der Waals surface area (Å²) in [6.45, 7) is 7.27. The molecular weight excluding hydrogens is 206 g/mol. The summed E-state index contributed by atoms with van der Waals surface area (Å²) in [6, 6.07) is 0. The molecular formula is C8H16BrNO. The molecule has 3 heteroatoms. The van der Waals surface area contributed by atoms with Gasteiger partial charge in [-0.3, -0.25) is 4.90 Å². The monoisotopic (exact) mass is 221 g/mol. The van der Waals surface area contributed by atoms with Crippen LogP contribution in [0.5, 0.6) is 0 Å². The van der Waals surface area contributed by atoms with Crippen molar-refractivity contribution in [2.24, 2.45) is 0 Å². The first-order chi connectivity index (χ1) is 5.33. The van der Waals surface area contributed by atoms with E-state index in [-0.39, 0.29) is 0 Å². The average Bonchev–Trinajstić information content (AvgIpc) is 2.37. The van der Waals surface area contributed by atoms with Crippen LogP contribution in [0.1, 0.15) is 13.3 Å². The molecule has 0 amide bonds. The van der Waals surface area contributed by atoms with Crippen LogP contribution in [0.25, 0.3) is 0 Å². The molecule has 0 aromatic rings. The van der Waals surface area contributed by atoms with E-state index in [0.717, 1.165) is 19.8 Å². The predicted molar refractivity (Wildman–Crippen MR) is 50.3 cm³/mol. The molecule has 1 heterocycles. The van der Waals surface area contributed by atoms with Crippen molar-refractivity contribution in [3.05, 3.63) is 0 Å². The summed E-state index contributed by atoms with van der Waals surface area (Å²) in [5.74, 6) is 0. The Labute approximate surface area is 77.0 Å². The van der Waals surface area contributed by atoms with E-state index in [1.165, 1.54) is 19.5 Å². The van der Waals surface area contributed by atoms with Crippen molar-refractivity contribution in [3.63, 3.8) is 0 Å². The summed E-state index contributed by atoms with van der Waals surface area (Å²) >= 11 is 3.61. The van der Waals surface area contributed by atoms with E-state index < -0.39 is 0 Å². The van der Waals surface area contributed by atoms with Crippen molar-refractivity contribution in [3.8, 4) is 0 Å². The average molecular weight is 222 g/mol. The largest absolute Gasteiger partial charge is 0.380 e. The molecule has 1 unspecified atom stereocenters. The molecule has 0 N–H and O–H groups in total. The predicted octanol–water partition coefficient (Wildman–Crippen LogP) is 1.49. The molecule has 0 bridgehead atoms. The molecule has 1 fully saturated rings. The van der Waals surface area contributed by atoms with Gasteiger partial charge in [0.2, 0.25) is 0 Å². The van der Waals surface area contributed by atoms with E-state index in [4.69, 9.17) is 4.74 Å². The molecule has 66 valence electrons. The number of halogens is 1. The molecule has 0 aromatic heterocycles. The third kappa shape index (κ3) is 3.54. The van der Waals surface area contributed by atoms with E-state index >= 15 is 0 Å². The maximum absolute atomic E-state index is 5.27. The van der Waals surface area contributed by atoms with Gasteiger partial charge in [-0.1, -0.05) is 15.9 Å². The second-order valence-corrected chi connectivity index (χ2v) is 4.18. The normalized spacial score (nSPS) is 26.2. The first-order valence-electron chi connectivity index (χ1n) is 4.27. The van der Waals surface area contributed by atoms with Gasteiger partial charge in [0.1, 0.15) is 0 Å². The number of hydrogen-bond donors (Lipinski definition) is 0. The molecule has 0 saturated carbocycles. The lowest BCUT2D eigenvalue weighted by molar-refractivity contribution is 0.122. The third-order valence-corrected chi connectivity index (χ3v) is 2.72. The van der Waals surface area contributed by atoms with Crippen molar-refractivity contribution in [1.82, 2.24) is 4.90 Å². The number of ether oxygens (including phenoxy) is 1. The Bertz CT molecular complexity index is 110. The third-order valence-electron chi connectivity index (χ3n) is 1.97. The van der Waals surface area contributed by atoms with Crippen molar-refractivity contribution < 1.29 is 4.74 Å². The number of rotatable bonds is 4. The number of likely N-dealkylation sites (tertiary alicyclic amines) is 1. The first-order valence-corrected chi connectivity index (χ1v) is 5.18. The van der Waals surface area contributed by atoms with E-state index in [9.17, 15) is 0 Å². The number of alkyl halides is 1. The second kappa shape index (κ2) is 5.12. The van der Waals surface area contributed by atoms with Crippen molar-refractivity contribution in [1.29, 1.82) is 0 Å². The lowest BCUT2D eigenvalue weighted by atomic mass is 10.4. The Balaban J connectivity index is 1.99. The summed E-state index contributed by atoms with van der Waals surface area (Å²) in [6.07, 6.45) is 1.28. The fourth-order valence-corrected chi connectivity index (χ4v) is 1.94. The molecule has 0 radical (unpaired) electrons. The van der Waals surface area contributed by atoms with Crippen LogP contribution in [0.4, 0.5) is 0 Å². The lowest BCUT2D eigenvalue weighted by Crippen LogP contribution is -2.25. The number of nitrogens with zero attached hydrogens (tertiary/aromatic N) is 1.